The molecule has 2 amide bonds. The number of imide groups is 1. The largest absolute Gasteiger partial charge is 0.416 e. The Morgan fingerprint density at radius 1 is 0.964 bits per heavy atom. The van der Waals surface area contributed by atoms with E-state index in [-0.39, 0.29) is 5.69 Å². The Morgan fingerprint density at radius 2 is 1.64 bits per heavy atom. The normalized spacial score (nSPS) is 21.6. The van der Waals surface area contributed by atoms with Gasteiger partial charge in [-0.15, -0.1) is 0 Å². The topological polar surface area (TPSA) is 65.3 Å². The van der Waals surface area contributed by atoms with E-state index in [0.717, 1.165) is 28.2 Å². The highest BCUT2D eigenvalue weighted by Crippen LogP contribution is 2.37. The van der Waals surface area contributed by atoms with Gasteiger partial charge in [0.15, 0.2) is 12.1 Å². The fraction of sp³-hybridized carbons (Fsp3) is 0.263. The van der Waals surface area contributed by atoms with E-state index >= 15 is 0 Å². The van der Waals surface area contributed by atoms with Crippen molar-refractivity contribution in [3.63, 3.8) is 0 Å². The monoisotopic (exact) mass is 388 g/mol. The van der Waals surface area contributed by atoms with Gasteiger partial charge in [0.05, 0.1) is 16.9 Å². The molecule has 2 aliphatic heterocycles. The van der Waals surface area contributed by atoms with E-state index in [9.17, 15) is 22.8 Å². The molecule has 1 saturated heterocycles. The van der Waals surface area contributed by atoms with Crippen molar-refractivity contribution in [1.82, 2.24) is 0 Å². The number of anilines is 2. The Kier molecular flexibility index (Phi) is 3.99. The maximum Gasteiger partial charge on any atom is 0.416 e. The van der Waals surface area contributed by atoms with Gasteiger partial charge in [-0.25, -0.2) is 9.91 Å². The van der Waals surface area contributed by atoms with Crippen LogP contribution in [0.15, 0.2) is 52.8 Å². The van der Waals surface area contributed by atoms with Crippen LogP contribution in [0.5, 0.6) is 0 Å². The molecule has 0 aromatic heterocycles. The minimum absolute atomic E-state index is 0.257. The SMILES string of the molecule is Cc1ccc(N2C(=O)C3N=NN(c4ccc(C(F)(F)F)cc4)C3C2=O)c(C)c1. The molecule has 9 heteroatoms. The van der Waals surface area contributed by atoms with Crippen LogP contribution in [0.2, 0.25) is 0 Å². The zero-order valence-electron chi connectivity index (χ0n) is 14.9. The summed E-state index contributed by atoms with van der Waals surface area (Å²) in [4.78, 5) is 26.9. The standard InChI is InChI=1S/C19H15F3N4O2/c1-10-3-8-14(11(2)9-10)25-17(27)15-16(18(25)28)26(24-23-15)13-6-4-12(5-7-13)19(20,21)22/h3-9,15-16H,1-2H3. The van der Waals surface area contributed by atoms with Gasteiger partial charge >= 0.3 is 6.18 Å². The van der Waals surface area contributed by atoms with Crippen molar-refractivity contribution >= 4 is 23.2 Å². The van der Waals surface area contributed by atoms with Gasteiger partial charge in [0, 0.05) is 0 Å². The highest BCUT2D eigenvalue weighted by molar-refractivity contribution is 6.26. The molecule has 6 nitrogen and oxygen atoms in total. The third-order valence-electron chi connectivity index (χ3n) is 4.83. The number of fused-ring (bicyclic) bond motifs is 1. The Balaban J connectivity index is 1.66. The molecule has 0 aliphatic carbocycles. The molecule has 4 rings (SSSR count). The molecule has 2 aromatic carbocycles. The molecule has 0 radical (unpaired) electrons. The summed E-state index contributed by atoms with van der Waals surface area (Å²) in [5.74, 6) is -1.01. The Labute approximate surface area is 158 Å². The van der Waals surface area contributed by atoms with Gasteiger partial charge in [0.1, 0.15) is 0 Å². The van der Waals surface area contributed by atoms with E-state index in [1.807, 2.05) is 13.0 Å². The van der Waals surface area contributed by atoms with Crippen LogP contribution in [0.4, 0.5) is 24.5 Å². The van der Waals surface area contributed by atoms with Crippen LogP contribution in [0.1, 0.15) is 16.7 Å². The van der Waals surface area contributed by atoms with E-state index in [4.69, 9.17) is 0 Å². The zero-order valence-corrected chi connectivity index (χ0v) is 14.9. The summed E-state index contributed by atoms with van der Waals surface area (Å²) >= 11 is 0. The van der Waals surface area contributed by atoms with Gasteiger partial charge in [0.2, 0.25) is 0 Å². The van der Waals surface area contributed by atoms with E-state index in [2.05, 4.69) is 10.3 Å². The Hall–Kier alpha value is -3.23. The fourth-order valence-corrected chi connectivity index (χ4v) is 3.47. The second-order valence-corrected chi connectivity index (χ2v) is 6.79. The van der Waals surface area contributed by atoms with Crippen LogP contribution in [-0.4, -0.2) is 23.9 Å². The van der Waals surface area contributed by atoms with Crippen LogP contribution in [0, 0.1) is 13.8 Å². The van der Waals surface area contributed by atoms with Crippen molar-refractivity contribution in [2.24, 2.45) is 10.3 Å². The van der Waals surface area contributed by atoms with Crippen LogP contribution in [-0.2, 0) is 15.8 Å². The van der Waals surface area contributed by atoms with Gasteiger partial charge in [-0.05, 0) is 49.7 Å². The van der Waals surface area contributed by atoms with Crippen molar-refractivity contribution in [3.05, 3.63) is 59.2 Å². The lowest BCUT2D eigenvalue weighted by Crippen LogP contribution is -2.40. The molecule has 2 aliphatic rings. The van der Waals surface area contributed by atoms with Gasteiger partial charge in [-0.3, -0.25) is 9.59 Å². The number of hydrogen-bond acceptors (Lipinski definition) is 5. The fourth-order valence-electron chi connectivity index (χ4n) is 3.47. The molecule has 28 heavy (non-hydrogen) atoms. The molecule has 2 aromatic rings. The van der Waals surface area contributed by atoms with Crippen molar-refractivity contribution in [2.45, 2.75) is 32.1 Å². The first-order chi connectivity index (χ1) is 13.2. The summed E-state index contributed by atoms with van der Waals surface area (Å²) in [6.07, 6.45) is -4.47. The molecule has 2 unspecified atom stereocenters. The highest BCUT2D eigenvalue weighted by atomic mass is 19.4. The van der Waals surface area contributed by atoms with Crippen LogP contribution in [0.3, 0.4) is 0 Å². The quantitative estimate of drug-likeness (QED) is 0.735. The van der Waals surface area contributed by atoms with E-state index in [0.29, 0.717) is 5.69 Å². The van der Waals surface area contributed by atoms with Gasteiger partial charge in [-0.1, -0.05) is 22.9 Å². The molecular weight excluding hydrogens is 373 g/mol. The number of rotatable bonds is 2. The van der Waals surface area contributed by atoms with Crippen LogP contribution >= 0.6 is 0 Å². The lowest BCUT2D eigenvalue weighted by Gasteiger charge is -2.22. The number of nitrogens with zero attached hydrogens (tertiary/aromatic N) is 4. The number of benzene rings is 2. The predicted molar refractivity (Wildman–Crippen MR) is 94.8 cm³/mol. The van der Waals surface area contributed by atoms with Gasteiger partial charge in [-0.2, -0.15) is 18.3 Å². The number of aryl methyl sites for hydroxylation is 2. The lowest BCUT2D eigenvalue weighted by molar-refractivity contribution is -0.137. The minimum atomic E-state index is -4.47. The van der Waals surface area contributed by atoms with Crippen LogP contribution < -0.4 is 9.91 Å². The average Bonchev–Trinajstić information content (AvgIpc) is 3.16. The molecule has 144 valence electrons. The Morgan fingerprint density at radius 3 is 2.25 bits per heavy atom. The first kappa shape index (κ1) is 18.1. The average molecular weight is 388 g/mol. The number of alkyl halides is 3. The second-order valence-electron chi connectivity index (χ2n) is 6.79. The predicted octanol–water partition coefficient (Wildman–Crippen LogP) is 3.82. The zero-order chi connectivity index (χ0) is 20.2. The summed E-state index contributed by atoms with van der Waals surface area (Å²) in [6.45, 7) is 3.70. The first-order valence-electron chi connectivity index (χ1n) is 8.51. The molecule has 0 bridgehead atoms. The Bertz CT molecular complexity index is 1000. The third-order valence-corrected chi connectivity index (χ3v) is 4.83. The molecule has 0 saturated carbocycles. The highest BCUT2D eigenvalue weighted by Gasteiger charge is 2.55. The van der Waals surface area contributed by atoms with Gasteiger partial charge < -0.3 is 0 Å². The van der Waals surface area contributed by atoms with Crippen molar-refractivity contribution < 1.29 is 22.8 Å². The summed E-state index contributed by atoms with van der Waals surface area (Å²) in [5, 5.41) is 8.96. The third kappa shape index (κ3) is 2.74. The molecule has 2 heterocycles. The maximum absolute atomic E-state index is 13.0. The summed E-state index contributed by atoms with van der Waals surface area (Å²) in [7, 11) is 0. The number of carbonyl (C=O) groups excluding carboxylic acids is 2. The van der Waals surface area contributed by atoms with Crippen molar-refractivity contribution in [2.75, 3.05) is 9.91 Å². The van der Waals surface area contributed by atoms with Crippen molar-refractivity contribution in [3.8, 4) is 0 Å². The number of carbonyl (C=O) groups is 2. The molecule has 0 N–H and O–H groups in total. The second kappa shape index (κ2) is 6.15. The molecular formula is C19H15F3N4O2. The minimum Gasteiger partial charge on any atom is -0.271 e. The summed E-state index contributed by atoms with van der Waals surface area (Å²) < 4.78 is 38.3. The summed E-state index contributed by atoms with van der Waals surface area (Å²) in [6, 6.07) is 7.55. The van der Waals surface area contributed by atoms with E-state index < -0.39 is 35.6 Å². The molecule has 0 spiro atoms. The molecule has 1 fully saturated rings. The van der Waals surface area contributed by atoms with E-state index in [1.54, 1.807) is 19.1 Å². The molecule has 2 atom stereocenters. The smallest absolute Gasteiger partial charge is 0.271 e. The number of amides is 2. The first-order valence-corrected chi connectivity index (χ1v) is 8.51. The van der Waals surface area contributed by atoms with Crippen molar-refractivity contribution in [1.29, 1.82) is 0 Å². The lowest BCUT2D eigenvalue weighted by atomic mass is 10.1. The maximum atomic E-state index is 13.0. The number of halogens is 3. The van der Waals surface area contributed by atoms with Gasteiger partial charge in [0.25, 0.3) is 11.8 Å². The van der Waals surface area contributed by atoms with E-state index in [1.165, 1.54) is 17.1 Å². The number of hydrogen-bond donors (Lipinski definition) is 0. The summed E-state index contributed by atoms with van der Waals surface area (Å²) in [5.41, 5.74) is 1.67. The van der Waals surface area contributed by atoms with Crippen LogP contribution in [0.25, 0.3) is 0 Å².